The van der Waals surface area contributed by atoms with Crippen LogP contribution in [0.2, 0.25) is 10.0 Å². The number of halogens is 2. The Balaban J connectivity index is 1.50. The van der Waals surface area contributed by atoms with Crippen molar-refractivity contribution >= 4 is 44.8 Å². The van der Waals surface area contributed by atoms with Gasteiger partial charge in [-0.15, -0.1) is 0 Å². The molecule has 0 saturated heterocycles. The summed E-state index contributed by atoms with van der Waals surface area (Å²) in [5, 5.41) is 3.17. The van der Waals surface area contributed by atoms with Crippen LogP contribution in [0.3, 0.4) is 0 Å². The fraction of sp³-hybridized carbons (Fsp3) is 0.174. The third-order valence-corrected chi connectivity index (χ3v) is 7.43. The van der Waals surface area contributed by atoms with Crippen molar-refractivity contribution in [3.63, 3.8) is 0 Å². The molecule has 0 aliphatic carbocycles. The maximum Gasteiger partial charge on any atom is 0.264 e. The number of para-hydroxylation sites is 2. The van der Waals surface area contributed by atoms with Gasteiger partial charge in [-0.2, -0.15) is 0 Å². The number of sulfonamides is 1. The molecular formula is C23H20Cl2N2O5S. The number of hydrogen-bond acceptors (Lipinski definition) is 5. The highest BCUT2D eigenvalue weighted by molar-refractivity contribution is 7.92. The van der Waals surface area contributed by atoms with Crippen molar-refractivity contribution in [3.8, 4) is 11.5 Å². The Hall–Kier alpha value is -2.94. The number of anilines is 1. The summed E-state index contributed by atoms with van der Waals surface area (Å²) in [5.41, 5.74) is 0.217. The van der Waals surface area contributed by atoms with E-state index in [1.807, 2.05) is 12.1 Å². The minimum absolute atomic E-state index is 0.0458. The Morgan fingerprint density at radius 3 is 2.39 bits per heavy atom. The summed E-state index contributed by atoms with van der Waals surface area (Å²) in [5.74, 6) is 0.718. The van der Waals surface area contributed by atoms with Crippen LogP contribution in [0.15, 0.2) is 77.7 Å². The smallest absolute Gasteiger partial charge is 0.264 e. The molecule has 1 N–H and O–H groups in total. The van der Waals surface area contributed by atoms with Crippen LogP contribution in [0.25, 0.3) is 0 Å². The number of fused-ring (bicyclic) bond motifs is 1. The fourth-order valence-corrected chi connectivity index (χ4v) is 4.98. The first-order chi connectivity index (χ1) is 15.8. The fourth-order valence-electron chi connectivity index (χ4n) is 3.25. The Morgan fingerprint density at radius 2 is 1.67 bits per heavy atom. The Labute approximate surface area is 201 Å². The summed E-state index contributed by atoms with van der Waals surface area (Å²) in [7, 11) is -4.05. The molecular weight excluding hydrogens is 487 g/mol. The number of hydrogen-bond donors (Lipinski definition) is 1. The molecule has 10 heteroatoms. The largest absolute Gasteiger partial charge is 0.486 e. The molecule has 1 atom stereocenters. The summed E-state index contributed by atoms with van der Waals surface area (Å²) in [4.78, 5) is 12.8. The van der Waals surface area contributed by atoms with Crippen molar-refractivity contribution in [3.05, 3.63) is 82.8 Å². The van der Waals surface area contributed by atoms with E-state index in [0.29, 0.717) is 11.5 Å². The van der Waals surface area contributed by atoms with Crippen LogP contribution in [0.4, 0.5) is 5.69 Å². The minimum Gasteiger partial charge on any atom is -0.486 e. The molecule has 0 fully saturated rings. The first-order valence-corrected chi connectivity index (χ1v) is 12.2. The van der Waals surface area contributed by atoms with Gasteiger partial charge in [-0.3, -0.25) is 9.10 Å². The van der Waals surface area contributed by atoms with Gasteiger partial charge in [0, 0.05) is 0 Å². The van der Waals surface area contributed by atoms with Gasteiger partial charge in [0.05, 0.1) is 27.2 Å². The van der Waals surface area contributed by atoms with Gasteiger partial charge in [-0.1, -0.05) is 53.5 Å². The number of rotatable bonds is 7. The zero-order valence-electron chi connectivity index (χ0n) is 17.3. The second kappa shape index (κ2) is 9.91. The van der Waals surface area contributed by atoms with E-state index >= 15 is 0 Å². The first-order valence-electron chi connectivity index (χ1n) is 10.0. The van der Waals surface area contributed by atoms with Crippen molar-refractivity contribution in [2.75, 3.05) is 24.0 Å². The van der Waals surface area contributed by atoms with E-state index in [4.69, 9.17) is 32.7 Å². The molecule has 1 amide bonds. The predicted octanol–water partition coefficient (Wildman–Crippen LogP) is 4.14. The van der Waals surface area contributed by atoms with E-state index < -0.39 is 28.6 Å². The molecule has 3 aromatic carbocycles. The molecule has 1 aliphatic rings. The van der Waals surface area contributed by atoms with Gasteiger partial charge in [-0.25, -0.2) is 8.42 Å². The summed E-state index contributed by atoms with van der Waals surface area (Å²) in [6.45, 7) is -0.0523. The molecule has 0 saturated carbocycles. The maximum atomic E-state index is 13.3. The summed E-state index contributed by atoms with van der Waals surface area (Å²) >= 11 is 12.1. The van der Waals surface area contributed by atoms with E-state index in [2.05, 4.69) is 5.32 Å². The van der Waals surface area contributed by atoms with E-state index in [0.717, 1.165) is 4.31 Å². The minimum atomic E-state index is -4.05. The van der Waals surface area contributed by atoms with Crippen LogP contribution in [0.5, 0.6) is 11.5 Å². The average molecular weight is 507 g/mol. The summed E-state index contributed by atoms with van der Waals surface area (Å²) < 4.78 is 39.1. The van der Waals surface area contributed by atoms with Crippen LogP contribution in [-0.4, -0.2) is 40.1 Å². The standard InChI is InChI=1S/C23H20Cl2N2O5S/c24-19-11-10-16(12-20(19)25)27(33(29,30)18-6-2-1-3-7-18)14-23(28)26-13-17-15-31-21-8-4-5-9-22(21)32-17/h1-12,17H,13-15H2,(H,26,28)/t17-/m1/s1. The van der Waals surface area contributed by atoms with Gasteiger partial charge in [0.25, 0.3) is 10.0 Å². The van der Waals surface area contributed by atoms with Crippen molar-refractivity contribution < 1.29 is 22.7 Å². The molecule has 0 unspecified atom stereocenters. The molecule has 7 nitrogen and oxygen atoms in total. The molecule has 0 spiro atoms. The molecule has 172 valence electrons. The quantitative estimate of drug-likeness (QED) is 0.520. The molecule has 0 aromatic heterocycles. The number of amides is 1. The topological polar surface area (TPSA) is 84.9 Å². The van der Waals surface area contributed by atoms with E-state index in [9.17, 15) is 13.2 Å². The second-order valence-electron chi connectivity index (χ2n) is 7.22. The third kappa shape index (κ3) is 5.35. The van der Waals surface area contributed by atoms with Gasteiger partial charge >= 0.3 is 0 Å². The maximum absolute atomic E-state index is 13.3. The van der Waals surface area contributed by atoms with Crippen LogP contribution in [0, 0.1) is 0 Å². The van der Waals surface area contributed by atoms with Crippen molar-refractivity contribution in [2.45, 2.75) is 11.0 Å². The second-order valence-corrected chi connectivity index (χ2v) is 9.90. The van der Waals surface area contributed by atoms with Gasteiger partial charge in [0.15, 0.2) is 11.5 Å². The summed E-state index contributed by atoms with van der Waals surface area (Å²) in [6.07, 6.45) is -0.409. The van der Waals surface area contributed by atoms with E-state index in [-0.39, 0.29) is 33.8 Å². The summed E-state index contributed by atoms with van der Waals surface area (Å²) in [6, 6.07) is 19.5. The first kappa shape index (κ1) is 23.2. The number of carbonyl (C=O) groups is 1. The zero-order chi connectivity index (χ0) is 23.4. The average Bonchev–Trinajstić information content (AvgIpc) is 2.83. The lowest BCUT2D eigenvalue weighted by Gasteiger charge is -2.27. The number of nitrogens with zero attached hydrogens (tertiary/aromatic N) is 1. The van der Waals surface area contributed by atoms with E-state index in [1.165, 1.54) is 30.3 Å². The van der Waals surface area contributed by atoms with Gasteiger partial charge in [0.2, 0.25) is 5.91 Å². The zero-order valence-corrected chi connectivity index (χ0v) is 19.6. The molecule has 4 rings (SSSR count). The lowest BCUT2D eigenvalue weighted by atomic mass is 10.2. The third-order valence-electron chi connectivity index (χ3n) is 4.90. The lowest BCUT2D eigenvalue weighted by molar-refractivity contribution is -0.120. The van der Waals surface area contributed by atoms with Crippen molar-refractivity contribution in [1.82, 2.24) is 5.32 Å². The van der Waals surface area contributed by atoms with E-state index in [1.54, 1.807) is 30.3 Å². The molecule has 1 heterocycles. The highest BCUT2D eigenvalue weighted by Crippen LogP contribution is 2.31. The molecule has 1 aliphatic heterocycles. The van der Waals surface area contributed by atoms with Crippen LogP contribution >= 0.6 is 23.2 Å². The van der Waals surface area contributed by atoms with Crippen LogP contribution in [0.1, 0.15) is 0 Å². The number of nitrogens with one attached hydrogen (secondary N) is 1. The van der Waals surface area contributed by atoms with Gasteiger partial charge < -0.3 is 14.8 Å². The molecule has 0 bridgehead atoms. The highest BCUT2D eigenvalue weighted by atomic mass is 35.5. The Bertz CT molecular complexity index is 1250. The highest BCUT2D eigenvalue weighted by Gasteiger charge is 2.28. The number of carbonyl (C=O) groups excluding carboxylic acids is 1. The van der Waals surface area contributed by atoms with Crippen molar-refractivity contribution in [2.24, 2.45) is 0 Å². The van der Waals surface area contributed by atoms with Crippen LogP contribution < -0.4 is 19.1 Å². The number of ether oxygens (including phenoxy) is 2. The normalized spacial score (nSPS) is 15.0. The predicted molar refractivity (Wildman–Crippen MR) is 127 cm³/mol. The molecule has 33 heavy (non-hydrogen) atoms. The Morgan fingerprint density at radius 1 is 0.970 bits per heavy atom. The van der Waals surface area contributed by atoms with Gasteiger partial charge in [0.1, 0.15) is 19.3 Å². The van der Waals surface area contributed by atoms with Crippen molar-refractivity contribution in [1.29, 1.82) is 0 Å². The SMILES string of the molecule is O=C(CN(c1ccc(Cl)c(Cl)c1)S(=O)(=O)c1ccccc1)NC[C@@H]1COc2ccccc2O1. The lowest BCUT2D eigenvalue weighted by Crippen LogP contribution is -2.45. The van der Waals surface area contributed by atoms with Gasteiger partial charge in [-0.05, 0) is 42.5 Å². The molecule has 0 radical (unpaired) electrons. The monoisotopic (exact) mass is 506 g/mol. The number of benzene rings is 3. The Kier molecular flexibility index (Phi) is 6.97. The van der Waals surface area contributed by atoms with Crippen LogP contribution in [-0.2, 0) is 14.8 Å². The molecule has 3 aromatic rings.